The Hall–Kier alpha value is -1.62. The molecule has 0 aromatic heterocycles. The molecule has 3 rings (SSSR count). The maximum absolute atomic E-state index is 13.4. The molecule has 162 valence electrons. The van der Waals surface area contributed by atoms with E-state index in [2.05, 4.69) is 5.11 Å². The van der Waals surface area contributed by atoms with Crippen molar-refractivity contribution >= 4 is 11.9 Å². The van der Waals surface area contributed by atoms with E-state index in [0.29, 0.717) is 6.42 Å². The molecule has 5 nitrogen and oxygen atoms in total. The van der Waals surface area contributed by atoms with Gasteiger partial charge in [-0.3, -0.25) is 9.59 Å². The molecular weight excluding hydrogens is 368 g/mol. The summed E-state index contributed by atoms with van der Waals surface area (Å²) >= 11 is 0. The fourth-order valence-electron chi connectivity index (χ4n) is 4.69. The topological polar surface area (TPSA) is 72.8 Å². The Morgan fingerprint density at radius 3 is 3.14 bits per heavy atom. The van der Waals surface area contributed by atoms with E-state index in [1.807, 2.05) is 32.1 Å². The predicted molar refractivity (Wildman–Crippen MR) is 111 cm³/mol. The molecule has 5 heteroatoms. The quantitative estimate of drug-likeness (QED) is 0.630. The number of carbonyl (C=O) groups is 2. The minimum absolute atomic E-state index is 0.0356. The molecular formula is C24H36O5. The van der Waals surface area contributed by atoms with Gasteiger partial charge in [0.1, 0.15) is 12.2 Å². The highest BCUT2D eigenvalue weighted by molar-refractivity contribution is 5.72. The van der Waals surface area contributed by atoms with Crippen LogP contribution < -0.4 is 0 Å². The van der Waals surface area contributed by atoms with Crippen LogP contribution in [-0.4, -0.2) is 36.8 Å². The number of hydrogen-bond acceptors (Lipinski definition) is 5. The number of aliphatic hydroxyl groups excluding tert-OH is 1. The number of ether oxygens (including phenoxy) is 2. The predicted octanol–water partition coefficient (Wildman–Crippen LogP) is 4.20. The molecule has 1 N–H and O–H groups in total. The second-order valence-electron chi connectivity index (χ2n) is 8.20. The van der Waals surface area contributed by atoms with Crippen LogP contribution in [0.25, 0.3) is 0 Å². The number of carbonyl (C=O) groups excluding carboxylic acids is 2. The fraction of sp³-hybridized carbons (Fsp3) is 0.750. The smallest absolute Gasteiger partial charge is 0.308 e. The van der Waals surface area contributed by atoms with Crippen LogP contribution in [0, 0.1) is 29.6 Å². The number of hydrogen-bond donors (Lipinski definition) is 1. The van der Waals surface area contributed by atoms with Gasteiger partial charge >= 0.3 is 11.9 Å². The minimum atomic E-state index is -3.76. The van der Waals surface area contributed by atoms with Crippen molar-refractivity contribution in [2.75, 3.05) is 0 Å². The first-order chi connectivity index (χ1) is 18.6. The summed E-state index contributed by atoms with van der Waals surface area (Å²) < 4.78 is 104. The van der Waals surface area contributed by atoms with Crippen LogP contribution in [0.2, 0.25) is 0 Å². The summed E-state index contributed by atoms with van der Waals surface area (Å²) in [5.41, 5.74) is 0.789. The van der Waals surface area contributed by atoms with Crippen LogP contribution in [0.4, 0.5) is 0 Å². The van der Waals surface area contributed by atoms with Crippen molar-refractivity contribution in [2.45, 2.75) is 84.3 Å². The first-order valence-corrected chi connectivity index (χ1v) is 10.0. The van der Waals surface area contributed by atoms with E-state index in [-0.39, 0.29) is 37.0 Å². The second-order valence-corrected chi connectivity index (χ2v) is 8.20. The molecule has 3 aliphatic rings. The van der Waals surface area contributed by atoms with Crippen molar-refractivity contribution in [3.8, 4) is 0 Å². The third-order valence-corrected chi connectivity index (χ3v) is 6.03. The summed E-state index contributed by atoms with van der Waals surface area (Å²) in [6.45, 7) is -3.50. The Bertz CT molecular complexity index is 1070. The van der Waals surface area contributed by atoms with Gasteiger partial charge < -0.3 is 14.6 Å². The normalized spacial score (nSPS) is 48.1. The standard InChI is InChI=1S/C24H36O5/c1-5-15(3)24(27)29-21-11-14(2)10-17-7-6-16(4)20(23(17)21)9-8-19-12-18(25)13-22(26)28-19/h6-7,10,14-16,18-21,23,25H,5,8-9,11-13H2,1-4H3/t14-,15-,16-,18+,19?,20-,21-,23-/m0/s1/i1D3,3D3,5D2,13D2,15D,25D. The van der Waals surface area contributed by atoms with E-state index in [1.165, 1.54) is 0 Å². The van der Waals surface area contributed by atoms with Crippen molar-refractivity contribution < 1.29 is 39.2 Å². The van der Waals surface area contributed by atoms with Gasteiger partial charge in [-0.15, -0.1) is 0 Å². The van der Waals surface area contributed by atoms with Crippen LogP contribution in [0.15, 0.2) is 23.8 Å². The molecule has 0 radical (unpaired) electrons. The van der Waals surface area contributed by atoms with Gasteiger partial charge in [0, 0.05) is 27.4 Å². The van der Waals surface area contributed by atoms with Gasteiger partial charge in [0.05, 0.1) is 18.4 Å². The molecule has 0 amide bonds. The number of cyclic esters (lactones) is 1. The third-order valence-electron chi connectivity index (χ3n) is 6.03. The molecule has 1 fully saturated rings. The van der Waals surface area contributed by atoms with Crippen LogP contribution in [0.5, 0.6) is 0 Å². The van der Waals surface area contributed by atoms with Crippen molar-refractivity contribution in [3.63, 3.8) is 0 Å². The monoisotopic (exact) mass is 416 g/mol. The van der Waals surface area contributed by atoms with Gasteiger partial charge in [0.15, 0.2) is 0 Å². The molecule has 0 aromatic rings. The summed E-state index contributed by atoms with van der Waals surface area (Å²) in [5, 5.41) is 4.45. The Morgan fingerprint density at radius 1 is 1.52 bits per heavy atom. The highest BCUT2D eigenvalue weighted by Crippen LogP contribution is 2.45. The zero-order valence-electron chi connectivity index (χ0n) is 28.6. The molecule has 1 unspecified atom stereocenters. The maximum Gasteiger partial charge on any atom is 0.308 e. The van der Waals surface area contributed by atoms with Crippen molar-refractivity contribution in [1.82, 2.24) is 0 Å². The summed E-state index contributed by atoms with van der Waals surface area (Å²) in [5.74, 6) is -7.64. The van der Waals surface area contributed by atoms with Crippen LogP contribution in [-0.2, 0) is 19.1 Å². The fourth-order valence-corrected chi connectivity index (χ4v) is 4.69. The Labute approximate surface area is 191 Å². The average Bonchev–Trinajstić information content (AvgIpc) is 2.83. The number of esters is 2. The minimum Gasteiger partial charge on any atom is -0.462 e. The second kappa shape index (κ2) is 9.46. The SMILES string of the molecule is [2H]O[C@@H]1CC(CC[C@@H]2[C@@H]3C(=C[C@H](C)C[C@@H]3OC(=O)[C@@]([2H])(C([2H])([2H])[2H])C([2H])([2H])C([2H])([2H])[2H])C=C[C@@H]2C)OC(=O)C1([2H])[2H]. The van der Waals surface area contributed by atoms with E-state index in [0.717, 1.165) is 5.57 Å². The van der Waals surface area contributed by atoms with E-state index >= 15 is 0 Å². The number of fused-ring (bicyclic) bond motifs is 1. The van der Waals surface area contributed by atoms with Crippen molar-refractivity contribution in [3.05, 3.63) is 23.8 Å². The van der Waals surface area contributed by atoms with Crippen LogP contribution in [0.3, 0.4) is 0 Å². The van der Waals surface area contributed by atoms with E-state index < -0.39 is 68.5 Å². The van der Waals surface area contributed by atoms with Gasteiger partial charge in [0.2, 0.25) is 1.43 Å². The lowest BCUT2D eigenvalue weighted by Gasteiger charge is -2.43. The molecule has 0 bridgehead atoms. The highest BCUT2D eigenvalue weighted by Gasteiger charge is 2.42. The van der Waals surface area contributed by atoms with Gasteiger partial charge in [-0.2, -0.15) is 0 Å². The van der Waals surface area contributed by atoms with Crippen LogP contribution >= 0.6 is 0 Å². The van der Waals surface area contributed by atoms with E-state index in [9.17, 15) is 9.59 Å². The molecule has 2 aliphatic carbocycles. The van der Waals surface area contributed by atoms with Crippen LogP contribution in [0.1, 0.15) is 81.1 Å². The summed E-state index contributed by atoms with van der Waals surface area (Å²) in [6, 6.07) is 0. The van der Waals surface area contributed by atoms with E-state index in [1.54, 1.807) is 0 Å². The van der Waals surface area contributed by atoms with Gasteiger partial charge in [0.25, 0.3) is 0 Å². The Balaban J connectivity index is 1.90. The zero-order valence-corrected chi connectivity index (χ0v) is 16.6. The molecule has 8 atom stereocenters. The Kier molecular flexibility index (Phi) is 3.63. The largest absolute Gasteiger partial charge is 0.462 e. The van der Waals surface area contributed by atoms with Gasteiger partial charge in [-0.25, -0.2) is 0 Å². The summed E-state index contributed by atoms with van der Waals surface area (Å²) in [6.07, 6.45) is -2.63. The molecule has 0 aromatic carbocycles. The van der Waals surface area contributed by atoms with Gasteiger partial charge in [-0.1, -0.05) is 45.8 Å². The third kappa shape index (κ3) is 5.30. The lowest BCUT2D eigenvalue weighted by atomic mass is 9.65. The Morgan fingerprint density at radius 2 is 2.38 bits per heavy atom. The highest BCUT2D eigenvalue weighted by atomic mass is 16.5. The number of rotatable bonds is 7. The van der Waals surface area contributed by atoms with Gasteiger partial charge in [-0.05, 0) is 49.0 Å². The maximum atomic E-state index is 13.4. The number of allylic oxidation sites excluding steroid dienone is 3. The lowest BCUT2D eigenvalue weighted by molar-refractivity contribution is -0.162. The van der Waals surface area contributed by atoms with E-state index in [4.69, 9.17) is 26.0 Å². The molecule has 1 saturated heterocycles. The molecule has 0 saturated carbocycles. The molecule has 1 heterocycles. The number of aliphatic hydroxyl groups is 1. The summed E-state index contributed by atoms with van der Waals surface area (Å²) in [4.78, 5) is 25.6. The molecule has 0 spiro atoms. The zero-order chi connectivity index (χ0) is 31.3. The first kappa shape index (κ1) is 11.1. The lowest BCUT2D eigenvalue weighted by Crippen LogP contribution is -2.42. The average molecular weight is 417 g/mol. The first-order valence-electron chi connectivity index (χ1n) is 15.9. The molecule has 29 heavy (non-hydrogen) atoms. The summed E-state index contributed by atoms with van der Waals surface area (Å²) in [7, 11) is 0. The van der Waals surface area contributed by atoms with Crippen molar-refractivity contribution in [2.24, 2.45) is 29.6 Å². The van der Waals surface area contributed by atoms with Crippen molar-refractivity contribution in [1.29, 1.82) is 1.43 Å². The molecule has 1 aliphatic heterocycles.